The average Bonchev–Trinajstić information content (AvgIpc) is 2.19. The quantitative estimate of drug-likeness (QED) is 0.829. The van der Waals surface area contributed by atoms with Crippen LogP contribution in [0.1, 0.15) is 21.5 Å². The predicted octanol–water partition coefficient (Wildman–Crippen LogP) is 2.02. The Kier molecular flexibility index (Phi) is 3.19. The molecule has 0 saturated carbocycles. The van der Waals surface area contributed by atoms with E-state index >= 15 is 0 Å². The molecule has 1 rings (SSSR count). The number of hydrogen-bond acceptors (Lipinski definition) is 3. The molecule has 0 heterocycles. The maximum Gasteiger partial charge on any atom is 0.339 e. The van der Waals surface area contributed by atoms with Gasteiger partial charge in [-0.1, -0.05) is 0 Å². The van der Waals surface area contributed by atoms with E-state index in [9.17, 15) is 4.79 Å². The number of carbonyl (C=O) groups is 1. The highest BCUT2D eigenvalue weighted by Gasteiger charge is 2.19. The number of benzene rings is 1. The Morgan fingerprint density at radius 1 is 1.27 bits per heavy atom. The van der Waals surface area contributed by atoms with E-state index in [1.807, 2.05) is 0 Å². The number of hydrogen-bond donors (Lipinski definition) is 1. The smallest absolute Gasteiger partial charge is 0.339 e. The van der Waals surface area contributed by atoms with E-state index in [0.717, 1.165) is 5.56 Å². The summed E-state index contributed by atoms with van der Waals surface area (Å²) in [5.41, 5.74) is 1.49. The van der Waals surface area contributed by atoms with Crippen molar-refractivity contribution in [2.24, 2.45) is 0 Å². The highest BCUT2D eigenvalue weighted by atomic mass is 16.5. The lowest BCUT2D eigenvalue weighted by molar-refractivity contribution is 0.0692. The van der Waals surface area contributed by atoms with Gasteiger partial charge < -0.3 is 14.6 Å². The van der Waals surface area contributed by atoms with Gasteiger partial charge in [0.2, 0.25) is 0 Å². The molecule has 82 valence electrons. The van der Waals surface area contributed by atoms with Crippen molar-refractivity contribution in [2.45, 2.75) is 13.8 Å². The summed E-state index contributed by atoms with van der Waals surface area (Å²) in [5, 5.41) is 9.09. The number of ether oxygens (including phenoxy) is 2. The van der Waals surface area contributed by atoms with Crippen molar-refractivity contribution in [2.75, 3.05) is 14.2 Å². The third-order valence-corrected chi connectivity index (χ3v) is 2.32. The molecule has 0 saturated heterocycles. The molecule has 0 unspecified atom stereocenters. The Bertz CT molecular complexity index is 396. The first-order valence-corrected chi connectivity index (χ1v) is 4.48. The molecule has 4 nitrogen and oxygen atoms in total. The zero-order chi connectivity index (χ0) is 11.6. The molecule has 0 aliphatic rings. The molecule has 0 atom stereocenters. The van der Waals surface area contributed by atoms with Crippen LogP contribution in [-0.2, 0) is 0 Å². The van der Waals surface area contributed by atoms with Gasteiger partial charge in [-0.2, -0.15) is 0 Å². The Morgan fingerprint density at radius 3 is 2.27 bits per heavy atom. The van der Waals surface area contributed by atoms with Crippen molar-refractivity contribution in [1.82, 2.24) is 0 Å². The molecule has 0 aliphatic heterocycles. The van der Waals surface area contributed by atoms with Crippen LogP contribution in [0.25, 0.3) is 0 Å². The predicted molar refractivity (Wildman–Crippen MR) is 56.0 cm³/mol. The van der Waals surface area contributed by atoms with Gasteiger partial charge in [-0.15, -0.1) is 0 Å². The molecule has 1 aromatic carbocycles. The number of carboxylic acids is 1. The third-order valence-electron chi connectivity index (χ3n) is 2.32. The van der Waals surface area contributed by atoms with Crippen LogP contribution < -0.4 is 9.47 Å². The van der Waals surface area contributed by atoms with E-state index in [2.05, 4.69) is 0 Å². The first-order valence-electron chi connectivity index (χ1n) is 4.48. The highest BCUT2D eigenvalue weighted by Crippen LogP contribution is 2.33. The summed E-state index contributed by atoms with van der Waals surface area (Å²) in [7, 11) is 2.97. The van der Waals surface area contributed by atoms with Crippen LogP contribution >= 0.6 is 0 Å². The molecule has 0 radical (unpaired) electrons. The van der Waals surface area contributed by atoms with Gasteiger partial charge in [0.05, 0.1) is 14.2 Å². The normalized spacial score (nSPS) is 9.87. The number of rotatable bonds is 3. The summed E-state index contributed by atoms with van der Waals surface area (Å²) in [6.45, 7) is 3.48. The van der Waals surface area contributed by atoms with Crippen LogP contribution in [0, 0.1) is 13.8 Å². The molecular weight excluding hydrogens is 196 g/mol. The molecule has 0 bridgehead atoms. The third kappa shape index (κ3) is 1.88. The van der Waals surface area contributed by atoms with Crippen molar-refractivity contribution in [3.63, 3.8) is 0 Å². The molecule has 4 heteroatoms. The Labute approximate surface area is 88.4 Å². The maximum atomic E-state index is 11.1. The van der Waals surface area contributed by atoms with Crippen molar-refractivity contribution in [3.8, 4) is 11.5 Å². The Hall–Kier alpha value is -1.71. The van der Waals surface area contributed by atoms with Crippen LogP contribution in [0.2, 0.25) is 0 Å². The molecule has 1 N–H and O–H groups in total. The largest absolute Gasteiger partial charge is 0.496 e. The van der Waals surface area contributed by atoms with Crippen LogP contribution in [0.15, 0.2) is 6.07 Å². The molecular formula is C11H14O4. The fourth-order valence-electron chi connectivity index (χ4n) is 1.59. The molecule has 1 aromatic rings. The number of carboxylic acid groups (broad SMARTS) is 1. The minimum absolute atomic E-state index is 0.161. The summed E-state index contributed by atoms with van der Waals surface area (Å²) in [6, 6.07) is 1.76. The summed E-state index contributed by atoms with van der Waals surface area (Å²) < 4.78 is 10.2. The summed E-state index contributed by atoms with van der Waals surface area (Å²) >= 11 is 0. The van der Waals surface area contributed by atoms with Gasteiger partial charge in [0.25, 0.3) is 0 Å². The molecule has 0 spiro atoms. The van der Waals surface area contributed by atoms with E-state index in [1.165, 1.54) is 14.2 Å². The molecule has 15 heavy (non-hydrogen) atoms. The van der Waals surface area contributed by atoms with Crippen LogP contribution in [-0.4, -0.2) is 25.3 Å². The number of aryl methyl sites for hydroxylation is 1. The van der Waals surface area contributed by atoms with E-state index < -0.39 is 5.97 Å². The monoisotopic (exact) mass is 210 g/mol. The van der Waals surface area contributed by atoms with E-state index in [4.69, 9.17) is 14.6 Å². The van der Waals surface area contributed by atoms with Gasteiger partial charge in [-0.25, -0.2) is 4.79 Å². The van der Waals surface area contributed by atoms with Crippen molar-refractivity contribution < 1.29 is 19.4 Å². The van der Waals surface area contributed by atoms with Gasteiger partial charge in [0, 0.05) is 5.56 Å². The second-order valence-electron chi connectivity index (χ2n) is 3.23. The highest BCUT2D eigenvalue weighted by molar-refractivity contribution is 5.94. The summed E-state index contributed by atoms with van der Waals surface area (Å²) in [5.74, 6) is -0.0575. The van der Waals surface area contributed by atoms with Gasteiger partial charge in [0.15, 0.2) is 0 Å². The minimum atomic E-state index is -1.01. The first kappa shape index (κ1) is 11.4. The lowest BCUT2D eigenvalue weighted by Crippen LogP contribution is -2.06. The number of methoxy groups -OCH3 is 2. The van der Waals surface area contributed by atoms with Gasteiger partial charge >= 0.3 is 5.97 Å². The zero-order valence-electron chi connectivity index (χ0n) is 9.25. The average molecular weight is 210 g/mol. The van der Waals surface area contributed by atoms with E-state index in [0.29, 0.717) is 17.1 Å². The Balaban J connectivity index is 3.55. The first-order chi connectivity index (χ1) is 7.02. The van der Waals surface area contributed by atoms with E-state index in [1.54, 1.807) is 19.9 Å². The maximum absolute atomic E-state index is 11.1. The summed E-state index contributed by atoms with van der Waals surface area (Å²) in [4.78, 5) is 11.1. The van der Waals surface area contributed by atoms with Gasteiger partial charge in [-0.3, -0.25) is 0 Å². The number of aromatic carboxylic acids is 1. The Morgan fingerprint density at radius 2 is 1.87 bits per heavy atom. The lowest BCUT2D eigenvalue weighted by atomic mass is 10.0. The molecule has 0 aliphatic carbocycles. The van der Waals surface area contributed by atoms with Crippen LogP contribution in [0.3, 0.4) is 0 Å². The second kappa shape index (κ2) is 4.21. The SMILES string of the molecule is COc1cc(C)c(OC)c(C(=O)O)c1C. The zero-order valence-corrected chi connectivity index (χ0v) is 9.25. The summed E-state index contributed by atoms with van der Waals surface area (Å²) in [6.07, 6.45) is 0. The van der Waals surface area contributed by atoms with Crippen molar-refractivity contribution >= 4 is 5.97 Å². The topological polar surface area (TPSA) is 55.8 Å². The molecule has 0 amide bonds. The fourth-order valence-corrected chi connectivity index (χ4v) is 1.59. The van der Waals surface area contributed by atoms with Crippen molar-refractivity contribution in [3.05, 3.63) is 22.8 Å². The molecule has 0 aromatic heterocycles. The van der Waals surface area contributed by atoms with E-state index in [-0.39, 0.29) is 5.56 Å². The van der Waals surface area contributed by atoms with Crippen LogP contribution in [0.4, 0.5) is 0 Å². The van der Waals surface area contributed by atoms with Crippen LogP contribution in [0.5, 0.6) is 11.5 Å². The standard InChI is InChI=1S/C11H14O4/c1-6-5-8(14-3)7(2)9(11(12)13)10(6)15-4/h5H,1-4H3,(H,12,13). The second-order valence-corrected chi connectivity index (χ2v) is 3.23. The van der Waals surface area contributed by atoms with Crippen molar-refractivity contribution in [1.29, 1.82) is 0 Å². The molecule has 0 fully saturated rings. The van der Waals surface area contributed by atoms with Gasteiger partial charge in [0.1, 0.15) is 17.1 Å². The fraction of sp³-hybridized carbons (Fsp3) is 0.364. The van der Waals surface area contributed by atoms with Gasteiger partial charge in [-0.05, 0) is 25.5 Å². The lowest BCUT2D eigenvalue weighted by Gasteiger charge is -2.14. The minimum Gasteiger partial charge on any atom is -0.496 e.